The van der Waals surface area contributed by atoms with Gasteiger partial charge in [-0.05, 0) is 6.42 Å². The fourth-order valence-electron chi connectivity index (χ4n) is 0.674. The summed E-state index contributed by atoms with van der Waals surface area (Å²) in [6.07, 6.45) is -0.583. The predicted octanol–water partition coefficient (Wildman–Crippen LogP) is -0.0879. The first-order valence-corrected chi connectivity index (χ1v) is 4.73. The van der Waals surface area contributed by atoms with Gasteiger partial charge in [0.15, 0.2) is 0 Å². The average molecular weight is 227 g/mol. The van der Waals surface area contributed by atoms with E-state index < -0.39 is 26.2 Å². The van der Waals surface area contributed by atoms with E-state index in [-0.39, 0.29) is 20.3 Å². The molecular weight excluding hydrogens is 213 g/mol. The van der Waals surface area contributed by atoms with E-state index in [0.29, 0.717) is 0 Å². The predicted molar refractivity (Wildman–Crippen MR) is 49.4 cm³/mol. The van der Waals surface area contributed by atoms with Crippen LogP contribution in [0.15, 0.2) is 0 Å². The molecule has 0 radical (unpaired) electrons. The number of rotatable bonds is 6. The van der Waals surface area contributed by atoms with Gasteiger partial charge in [-0.15, -0.1) is 0 Å². The van der Waals surface area contributed by atoms with Crippen molar-refractivity contribution in [3.05, 3.63) is 0 Å². The van der Waals surface area contributed by atoms with Gasteiger partial charge in [0.05, 0.1) is 0 Å². The Bertz CT molecular complexity index is 230. The van der Waals surface area contributed by atoms with Crippen molar-refractivity contribution < 1.29 is 29.3 Å². The van der Waals surface area contributed by atoms with Crippen molar-refractivity contribution in [1.29, 1.82) is 0 Å². The first-order chi connectivity index (χ1) is 5.93. The average Bonchev–Trinajstić information content (AvgIpc) is 1.96. The molecule has 0 saturated heterocycles. The molecule has 2 unspecified atom stereocenters. The molecule has 0 aromatic rings. The maximum Gasteiger partial charge on any atom is 0.321 e. The molecule has 0 spiro atoms. The summed E-state index contributed by atoms with van der Waals surface area (Å²) in [6.45, 7) is 0. The smallest absolute Gasteiger partial charge is 0.321 e. The van der Waals surface area contributed by atoms with E-state index in [1.165, 1.54) is 0 Å². The zero-order chi connectivity index (χ0) is 10.4. The topological polar surface area (TPSA) is 124 Å². The molecule has 0 aromatic carbocycles. The second-order valence-electron chi connectivity index (χ2n) is 2.27. The minimum atomic E-state index is -3.10. The number of hydrogen-bond donors (Lipinski definition) is 4. The summed E-state index contributed by atoms with van der Waals surface area (Å²) in [5.41, 5.74) is 0. The molecule has 0 bridgehead atoms. The fourth-order valence-corrected chi connectivity index (χ4v) is 1.24. The van der Waals surface area contributed by atoms with Crippen molar-refractivity contribution >= 4 is 20.1 Å². The molecule has 0 rings (SSSR count). The standard InChI is InChI=1S/C5H10NO6P.CH4/c7-4(8)2-1-3(5(9)10)6-13(11)12;/h3,13H,1-2H2,(H,7,8)(H,9,10)(H2,6,11,12);1H4. The second-order valence-corrected chi connectivity index (χ2v) is 3.17. The van der Waals surface area contributed by atoms with E-state index in [9.17, 15) is 14.2 Å². The molecule has 14 heavy (non-hydrogen) atoms. The van der Waals surface area contributed by atoms with Crippen LogP contribution in [0.1, 0.15) is 20.3 Å². The molecule has 0 heterocycles. The van der Waals surface area contributed by atoms with Crippen LogP contribution in [0.3, 0.4) is 0 Å². The number of carbonyl (C=O) groups is 2. The molecule has 7 nitrogen and oxygen atoms in total. The molecule has 0 amide bonds. The normalized spacial score (nSPS) is 13.8. The van der Waals surface area contributed by atoms with Gasteiger partial charge in [0.1, 0.15) is 6.04 Å². The Kier molecular flexibility index (Phi) is 8.32. The van der Waals surface area contributed by atoms with Gasteiger partial charge in [-0.25, -0.2) is 5.09 Å². The van der Waals surface area contributed by atoms with Gasteiger partial charge >= 0.3 is 11.9 Å². The minimum Gasteiger partial charge on any atom is -0.481 e. The molecule has 0 aliphatic rings. The van der Waals surface area contributed by atoms with Crippen LogP contribution < -0.4 is 5.09 Å². The highest BCUT2D eigenvalue weighted by molar-refractivity contribution is 7.35. The van der Waals surface area contributed by atoms with Crippen LogP contribution in [0.2, 0.25) is 0 Å². The molecule has 8 heteroatoms. The largest absolute Gasteiger partial charge is 0.481 e. The van der Waals surface area contributed by atoms with Gasteiger partial charge in [-0.1, -0.05) is 7.43 Å². The van der Waals surface area contributed by atoms with Crippen molar-refractivity contribution in [2.75, 3.05) is 0 Å². The first-order valence-electron chi connectivity index (χ1n) is 3.37. The van der Waals surface area contributed by atoms with E-state index in [0.717, 1.165) is 0 Å². The summed E-state index contributed by atoms with van der Waals surface area (Å²) in [7, 11) is -3.10. The third kappa shape index (κ3) is 7.72. The van der Waals surface area contributed by atoms with E-state index in [1.807, 2.05) is 5.09 Å². The molecule has 0 saturated carbocycles. The van der Waals surface area contributed by atoms with Crippen LogP contribution in [0.4, 0.5) is 0 Å². The van der Waals surface area contributed by atoms with Crippen LogP contribution in [-0.4, -0.2) is 33.1 Å². The van der Waals surface area contributed by atoms with Crippen LogP contribution >= 0.6 is 8.18 Å². The molecule has 0 aromatic heterocycles. The van der Waals surface area contributed by atoms with Crippen LogP contribution in [0, 0.1) is 0 Å². The van der Waals surface area contributed by atoms with Gasteiger partial charge in [0, 0.05) is 6.42 Å². The molecule has 0 aliphatic heterocycles. The lowest BCUT2D eigenvalue weighted by Gasteiger charge is -2.09. The molecule has 0 fully saturated rings. The highest BCUT2D eigenvalue weighted by atomic mass is 31.1. The summed E-state index contributed by atoms with van der Waals surface area (Å²) in [5, 5.41) is 18.5. The SMILES string of the molecule is C.O=C(O)CCC(N[PH](=O)O)C(=O)O. The van der Waals surface area contributed by atoms with Gasteiger partial charge < -0.3 is 15.1 Å². The van der Waals surface area contributed by atoms with Crippen molar-refractivity contribution in [2.24, 2.45) is 0 Å². The lowest BCUT2D eigenvalue weighted by molar-refractivity contribution is -0.140. The van der Waals surface area contributed by atoms with E-state index >= 15 is 0 Å². The van der Waals surface area contributed by atoms with Gasteiger partial charge in [-0.3, -0.25) is 14.2 Å². The number of aliphatic carboxylic acids is 2. The second kappa shape index (κ2) is 7.49. The Morgan fingerprint density at radius 1 is 1.36 bits per heavy atom. The minimum absolute atomic E-state index is 0. The monoisotopic (exact) mass is 227 g/mol. The van der Waals surface area contributed by atoms with Crippen molar-refractivity contribution in [3.63, 3.8) is 0 Å². The summed E-state index contributed by atoms with van der Waals surface area (Å²) in [5.74, 6) is -2.49. The van der Waals surface area contributed by atoms with Gasteiger partial charge in [0.25, 0.3) is 8.18 Å². The summed E-state index contributed by atoms with van der Waals surface area (Å²) < 4.78 is 10.2. The third-order valence-electron chi connectivity index (χ3n) is 1.24. The third-order valence-corrected chi connectivity index (χ3v) is 1.84. The Hall–Kier alpha value is -0.910. The Labute approximate surface area is 81.7 Å². The summed E-state index contributed by atoms with van der Waals surface area (Å²) in [6, 6.07) is -1.28. The van der Waals surface area contributed by atoms with E-state index in [1.54, 1.807) is 0 Å². The zero-order valence-corrected chi connectivity index (χ0v) is 7.56. The highest BCUT2D eigenvalue weighted by Crippen LogP contribution is 2.10. The lowest BCUT2D eigenvalue weighted by atomic mass is 10.2. The maximum absolute atomic E-state index is 10.4. The van der Waals surface area contributed by atoms with E-state index in [4.69, 9.17) is 15.1 Å². The fraction of sp³-hybridized carbons (Fsp3) is 0.667. The molecule has 0 aliphatic carbocycles. The Balaban J connectivity index is 0. The quantitative estimate of drug-likeness (QED) is 0.467. The van der Waals surface area contributed by atoms with Crippen LogP contribution in [0.25, 0.3) is 0 Å². The number of nitrogens with one attached hydrogen (secondary N) is 1. The Morgan fingerprint density at radius 2 is 1.86 bits per heavy atom. The number of carboxylic acids is 2. The molecule has 84 valence electrons. The first kappa shape index (κ1) is 15.6. The number of hydrogen-bond acceptors (Lipinski definition) is 3. The summed E-state index contributed by atoms with van der Waals surface area (Å²) in [4.78, 5) is 28.8. The highest BCUT2D eigenvalue weighted by Gasteiger charge is 2.19. The van der Waals surface area contributed by atoms with E-state index in [2.05, 4.69) is 0 Å². The number of carboxylic acid groups (broad SMARTS) is 2. The van der Waals surface area contributed by atoms with Gasteiger partial charge in [-0.2, -0.15) is 0 Å². The zero-order valence-electron chi connectivity index (χ0n) is 6.56. The van der Waals surface area contributed by atoms with Crippen molar-refractivity contribution in [2.45, 2.75) is 26.3 Å². The van der Waals surface area contributed by atoms with Crippen molar-refractivity contribution in [1.82, 2.24) is 5.09 Å². The molecular formula is C6H14NO6P. The van der Waals surface area contributed by atoms with Crippen molar-refractivity contribution in [3.8, 4) is 0 Å². The van der Waals surface area contributed by atoms with Crippen LogP contribution in [0.5, 0.6) is 0 Å². The molecule has 4 N–H and O–H groups in total. The summed E-state index contributed by atoms with van der Waals surface area (Å²) >= 11 is 0. The van der Waals surface area contributed by atoms with Gasteiger partial charge in [0.2, 0.25) is 0 Å². The van der Waals surface area contributed by atoms with Crippen LogP contribution in [-0.2, 0) is 14.2 Å². The Morgan fingerprint density at radius 3 is 2.14 bits per heavy atom. The lowest BCUT2D eigenvalue weighted by Crippen LogP contribution is -2.32. The molecule has 2 atom stereocenters. The maximum atomic E-state index is 10.4.